The first-order valence-electron chi connectivity index (χ1n) is 10.9. The van der Waals surface area contributed by atoms with Gasteiger partial charge in [0.2, 0.25) is 17.7 Å². The summed E-state index contributed by atoms with van der Waals surface area (Å²) in [6, 6.07) is 3.86. The normalized spacial score (nSPS) is 24.4. The maximum atomic E-state index is 13.2. The highest BCUT2D eigenvalue weighted by Gasteiger charge is 2.54. The molecule has 3 heterocycles. The minimum absolute atomic E-state index is 0.0141. The van der Waals surface area contributed by atoms with E-state index in [1.807, 2.05) is 29.3 Å². The number of hydrogen-bond donors (Lipinski definition) is 1. The molecule has 29 heavy (non-hydrogen) atoms. The first-order chi connectivity index (χ1) is 14.0. The highest BCUT2D eigenvalue weighted by Crippen LogP contribution is 2.44. The van der Waals surface area contributed by atoms with Crippen molar-refractivity contribution in [3.63, 3.8) is 0 Å². The van der Waals surface area contributed by atoms with E-state index in [9.17, 15) is 14.4 Å². The quantitative estimate of drug-likeness (QED) is 0.801. The molecule has 0 aromatic carbocycles. The van der Waals surface area contributed by atoms with Crippen LogP contribution in [0.2, 0.25) is 0 Å². The van der Waals surface area contributed by atoms with Gasteiger partial charge in [-0.2, -0.15) is 0 Å². The SMILES string of the molecule is CCN1C(=O)C2(CCN(C(=O)Cc3cccs3)CC2)CC1C(=O)NC1CCCC1. The molecule has 1 spiro atoms. The van der Waals surface area contributed by atoms with E-state index in [4.69, 9.17) is 0 Å². The lowest BCUT2D eigenvalue weighted by Crippen LogP contribution is -2.48. The van der Waals surface area contributed by atoms with Gasteiger partial charge in [-0.15, -0.1) is 11.3 Å². The number of nitrogens with one attached hydrogen (secondary N) is 1. The zero-order valence-corrected chi connectivity index (χ0v) is 18.0. The Morgan fingerprint density at radius 1 is 1.24 bits per heavy atom. The molecule has 3 amide bonds. The van der Waals surface area contributed by atoms with Gasteiger partial charge >= 0.3 is 0 Å². The van der Waals surface area contributed by atoms with Crippen LogP contribution in [0.1, 0.15) is 56.7 Å². The molecule has 1 aromatic heterocycles. The Hall–Kier alpha value is -1.89. The van der Waals surface area contributed by atoms with Crippen LogP contribution in [0.25, 0.3) is 0 Å². The zero-order valence-electron chi connectivity index (χ0n) is 17.2. The van der Waals surface area contributed by atoms with Gasteiger partial charge in [-0.25, -0.2) is 0 Å². The van der Waals surface area contributed by atoms with Crippen molar-refractivity contribution < 1.29 is 14.4 Å². The van der Waals surface area contributed by atoms with Crippen LogP contribution in [0.5, 0.6) is 0 Å². The summed E-state index contributed by atoms with van der Waals surface area (Å²) < 4.78 is 0. The number of thiophene rings is 1. The predicted molar refractivity (Wildman–Crippen MR) is 112 cm³/mol. The van der Waals surface area contributed by atoms with Crippen LogP contribution in [0.15, 0.2) is 17.5 Å². The maximum absolute atomic E-state index is 13.2. The summed E-state index contributed by atoms with van der Waals surface area (Å²) in [5, 5.41) is 5.17. The average molecular weight is 418 g/mol. The van der Waals surface area contributed by atoms with Crippen molar-refractivity contribution in [2.24, 2.45) is 5.41 Å². The van der Waals surface area contributed by atoms with E-state index in [1.54, 1.807) is 16.2 Å². The zero-order chi connectivity index (χ0) is 20.4. The maximum Gasteiger partial charge on any atom is 0.243 e. The Labute approximate surface area is 176 Å². The fourth-order valence-electron chi connectivity index (χ4n) is 5.26. The summed E-state index contributed by atoms with van der Waals surface area (Å²) in [4.78, 5) is 43.5. The van der Waals surface area contributed by atoms with Crippen molar-refractivity contribution in [3.05, 3.63) is 22.4 Å². The summed E-state index contributed by atoms with van der Waals surface area (Å²) in [6.07, 6.45) is 6.78. The second-order valence-corrected chi connectivity index (χ2v) is 9.75. The molecule has 4 rings (SSSR count). The number of nitrogens with zero attached hydrogens (tertiary/aromatic N) is 2. The van der Waals surface area contributed by atoms with Crippen molar-refractivity contribution in [2.45, 2.75) is 70.4 Å². The van der Waals surface area contributed by atoms with Gasteiger partial charge < -0.3 is 15.1 Å². The van der Waals surface area contributed by atoms with Crippen molar-refractivity contribution in [1.82, 2.24) is 15.1 Å². The van der Waals surface area contributed by atoms with Gasteiger partial charge in [0.25, 0.3) is 0 Å². The molecule has 1 atom stereocenters. The number of amides is 3. The molecule has 3 aliphatic rings. The Morgan fingerprint density at radius 3 is 2.59 bits per heavy atom. The van der Waals surface area contributed by atoms with Gasteiger partial charge in [0, 0.05) is 30.6 Å². The van der Waals surface area contributed by atoms with Crippen LogP contribution in [-0.4, -0.2) is 59.2 Å². The highest BCUT2D eigenvalue weighted by molar-refractivity contribution is 7.10. The predicted octanol–water partition coefficient (Wildman–Crippen LogP) is 2.58. The number of likely N-dealkylation sites (tertiary alicyclic amines) is 2. The molecule has 1 aromatic rings. The summed E-state index contributed by atoms with van der Waals surface area (Å²) >= 11 is 1.60. The molecule has 6 nitrogen and oxygen atoms in total. The Bertz CT molecular complexity index is 749. The van der Waals surface area contributed by atoms with Gasteiger partial charge in [0.05, 0.1) is 11.8 Å². The van der Waals surface area contributed by atoms with Gasteiger partial charge in [-0.05, 0) is 50.5 Å². The third-order valence-electron chi connectivity index (χ3n) is 7.00. The molecule has 1 aliphatic carbocycles. The Morgan fingerprint density at radius 2 is 1.97 bits per heavy atom. The first-order valence-corrected chi connectivity index (χ1v) is 11.8. The van der Waals surface area contributed by atoms with Crippen molar-refractivity contribution in [3.8, 4) is 0 Å². The number of hydrogen-bond acceptors (Lipinski definition) is 4. The number of likely N-dealkylation sites (N-methyl/N-ethyl adjacent to an activating group) is 1. The molecular formula is C22H31N3O3S. The molecular weight excluding hydrogens is 386 g/mol. The molecule has 7 heteroatoms. The molecule has 1 saturated carbocycles. The van der Waals surface area contributed by atoms with Crippen LogP contribution >= 0.6 is 11.3 Å². The smallest absolute Gasteiger partial charge is 0.243 e. The molecule has 0 bridgehead atoms. The topological polar surface area (TPSA) is 69.7 Å². The number of carbonyl (C=O) groups is 3. The van der Waals surface area contributed by atoms with E-state index < -0.39 is 5.41 Å². The standard InChI is InChI=1S/C22H31N3O3S/c1-2-25-18(20(27)23-16-6-3-4-7-16)15-22(21(25)28)9-11-24(12-10-22)19(26)14-17-8-5-13-29-17/h5,8,13,16,18H,2-4,6-7,9-12,14-15H2,1H3,(H,23,27). The van der Waals surface area contributed by atoms with Crippen molar-refractivity contribution in [2.75, 3.05) is 19.6 Å². The third kappa shape index (κ3) is 4.06. The lowest BCUT2D eigenvalue weighted by Gasteiger charge is -2.37. The molecule has 1 unspecified atom stereocenters. The second kappa shape index (κ2) is 8.46. The van der Waals surface area contributed by atoms with Crippen molar-refractivity contribution in [1.29, 1.82) is 0 Å². The lowest BCUT2D eigenvalue weighted by atomic mass is 9.76. The molecule has 1 N–H and O–H groups in total. The van der Waals surface area contributed by atoms with Gasteiger partial charge in [-0.1, -0.05) is 18.9 Å². The number of carbonyl (C=O) groups excluding carboxylic acids is 3. The van der Waals surface area contributed by atoms with E-state index in [0.717, 1.165) is 17.7 Å². The Balaban J connectivity index is 1.38. The number of rotatable bonds is 5. The van der Waals surface area contributed by atoms with Crippen LogP contribution < -0.4 is 5.32 Å². The van der Waals surface area contributed by atoms with Crippen LogP contribution in [0.4, 0.5) is 0 Å². The van der Waals surface area contributed by atoms with Gasteiger partial charge in [0.15, 0.2) is 0 Å². The fraction of sp³-hybridized carbons (Fsp3) is 0.682. The lowest BCUT2D eigenvalue weighted by molar-refractivity contribution is -0.143. The van der Waals surface area contributed by atoms with E-state index >= 15 is 0 Å². The van der Waals surface area contributed by atoms with E-state index in [-0.39, 0.29) is 29.8 Å². The summed E-state index contributed by atoms with van der Waals surface area (Å²) in [7, 11) is 0. The number of piperidine rings is 1. The average Bonchev–Trinajstić information content (AvgIpc) is 3.46. The third-order valence-corrected chi connectivity index (χ3v) is 7.87. The van der Waals surface area contributed by atoms with Crippen LogP contribution in [0.3, 0.4) is 0 Å². The molecule has 2 saturated heterocycles. The van der Waals surface area contributed by atoms with Gasteiger partial charge in [0.1, 0.15) is 6.04 Å². The minimum atomic E-state index is -0.479. The summed E-state index contributed by atoms with van der Waals surface area (Å²) in [5.74, 6) is 0.257. The fourth-order valence-corrected chi connectivity index (χ4v) is 5.95. The Kier molecular flexibility index (Phi) is 5.95. The van der Waals surface area contributed by atoms with Crippen molar-refractivity contribution >= 4 is 29.1 Å². The minimum Gasteiger partial charge on any atom is -0.352 e. The monoisotopic (exact) mass is 417 g/mol. The molecule has 0 radical (unpaired) electrons. The first kappa shape index (κ1) is 20.4. The van der Waals surface area contributed by atoms with Crippen LogP contribution in [-0.2, 0) is 20.8 Å². The van der Waals surface area contributed by atoms with Gasteiger partial charge in [-0.3, -0.25) is 14.4 Å². The van der Waals surface area contributed by atoms with E-state index in [0.29, 0.717) is 45.3 Å². The highest BCUT2D eigenvalue weighted by atomic mass is 32.1. The second-order valence-electron chi connectivity index (χ2n) is 8.72. The summed E-state index contributed by atoms with van der Waals surface area (Å²) in [5.41, 5.74) is -0.479. The molecule has 158 valence electrons. The molecule has 2 aliphatic heterocycles. The van der Waals surface area contributed by atoms with Crippen LogP contribution in [0, 0.1) is 5.41 Å². The molecule has 3 fully saturated rings. The van der Waals surface area contributed by atoms with E-state index in [1.165, 1.54) is 12.8 Å². The largest absolute Gasteiger partial charge is 0.352 e. The summed E-state index contributed by atoms with van der Waals surface area (Å²) in [6.45, 7) is 3.71. The van der Waals surface area contributed by atoms with E-state index in [2.05, 4.69) is 5.32 Å².